The zero-order valence-corrected chi connectivity index (χ0v) is 19.0. The smallest absolute Gasteiger partial charge is 0.353 e. The highest BCUT2D eigenvalue weighted by Gasteiger charge is 2.60. The number of aliphatic carboxylic acids is 1. The van der Waals surface area contributed by atoms with Gasteiger partial charge in [0.25, 0.3) is 0 Å². The van der Waals surface area contributed by atoms with E-state index in [9.17, 15) is 27.9 Å². The average Bonchev–Trinajstić information content (AvgIpc) is 3.15. The topological polar surface area (TPSA) is 150 Å². The van der Waals surface area contributed by atoms with Gasteiger partial charge in [-0.05, 0) is 12.3 Å². The Bertz CT molecular complexity index is 902. The number of likely N-dealkylation sites (N-methyl/N-ethyl adjacent to an activating group) is 1. The van der Waals surface area contributed by atoms with Gasteiger partial charge in [-0.2, -0.15) is 0 Å². The van der Waals surface area contributed by atoms with Crippen LogP contribution in [0.15, 0.2) is 10.6 Å². The monoisotopic (exact) mass is 460 g/mol. The zero-order valence-electron chi connectivity index (χ0n) is 17.4. The van der Waals surface area contributed by atoms with Gasteiger partial charge >= 0.3 is 5.97 Å². The summed E-state index contributed by atoms with van der Waals surface area (Å²) in [4.78, 5) is 40.3. The van der Waals surface area contributed by atoms with Gasteiger partial charge in [-0.25, -0.2) is 18.4 Å². The van der Waals surface area contributed by atoms with Crippen LogP contribution in [0.3, 0.4) is 0 Å². The van der Waals surface area contributed by atoms with Crippen molar-refractivity contribution in [1.82, 2.24) is 15.1 Å². The van der Waals surface area contributed by atoms with Crippen LogP contribution in [-0.2, 0) is 24.4 Å². The lowest BCUT2D eigenvalue weighted by Crippen LogP contribution is -2.63. The summed E-state index contributed by atoms with van der Waals surface area (Å²) in [5.74, 6) is -3.24. The van der Waals surface area contributed by atoms with Crippen molar-refractivity contribution in [3.63, 3.8) is 0 Å². The summed E-state index contributed by atoms with van der Waals surface area (Å²) in [6, 6.07) is -0.708. The van der Waals surface area contributed by atoms with Crippen LogP contribution in [0.1, 0.15) is 20.3 Å². The Morgan fingerprint density at radius 2 is 2.03 bits per heavy atom. The number of nitrogens with zero attached hydrogens (tertiary/aromatic N) is 2. The molecular formula is C18H28N4O6S2. The van der Waals surface area contributed by atoms with Gasteiger partial charge in [0, 0.05) is 36.7 Å². The number of hydrogen-bond acceptors (Lipinski definition) is 7. The fourth-order valence-electron chi connectivity index (χ4n) is 4.71. The average molecular weight is 461 g/mol. The number of carbonyl (C=O) groups is 3. The van der Waals surface area contributed by atoms with E-state index >= 15 is 0 Å². The molecule has 4 N–H and O–H groups in total. The second kappa shape index (κ2) is 8.13. The first-order chi connectivity index (χ1) is 13.8. The fraction of sp³-hybridized carbons (Fsp3) is 0.722. The number of amides is 2. The summed E-state index contributed by atoms with van der Waals surface area (Å²) in [6.07, 6.45) is 0.564. The summed E-state index contributed by atoms with van der Waals surface area (Å²) in [7, 11) is -0.371. The predicted octanol–water partition coefficient (Wildman–Crippen LogP) is -0.764. The Balaban J connectivity index is 1.78. The molecule has 10 nitrogen and oxygen atoms in total. The maximum atomic E-state index is 12.8. The van der Waals surface area contributed by atoms with Crippen LogP contribution in [0, 0.1) is 17.8 Å². The molecule has 2 saturated heterocycles. The molecule has 0 bridgehead atoms. The number of rotatable bonds is 7. The molecule has 0 saturated carbocycles. The van der Waals surface area contributed by atoms with Gasteiger partial charge in [0.1, 0.15) is 5.70 Å². The molecule has 2 fully saturated rings. The number of nitrogens with one attached hydrogen (secondary N) is 1. The Morgan fingerprint density at radius 1 is 1.40 bits per heavy atom. The Kier molecular flexibility index (Phi) is 6.25. The zero-order chi connectivity index (χ0) is 22.5. The van der Waals surface area contributed by atoms with E-state index in [1.54, 1.807) is 21.0 Å². The molecule has 0 aromatic heterocycles. The van der Waals surface area contributed by atoms with Crippen molar-refractivity contribution < 1.29 is 27.9 Å². The van der Waals surface area contributed by atoms with Gasteiger partial charge in [0.15, 0.2) is 0 Å². The Morgan fingerprint density at radius 3 is 2.57 bits per heavy atom. The second-order valence-electron chi connectivity index (χ2n) is 8.51. The molecule has 2 amide bonds. The van der Waals surface area contributed by atoms with Gasteiger partial charge in [0.05, 0.1) is 23.8 Å². The minimum Gasteiger partial charge on any atom is -0.477 e. The Labute approximate surface area is 180 Å². The van der Waals surface area contributed by atoms with Gasteiger partial charge in [0.2, 0.25) is 21.8 Å². The first-order valence-corrected chi connectivity index (χ1v) is 12.3. The summed E-state index contributed by atoms with van der Waals surface area (Å²) in [6.45, 7) is 4.08. The van der Waals surface area contributed by atoms with Gasteiger partial charge in [-0.1, -0.05) is 13.8 Å². The minimum absolute atomic E-state index is 0.000190. The van der Waals surface area contributed by atoms with E-state index in [4.69, 9.17) is 5.14 Å². The second-order valence-corrected chi connectivity index (χ2v) is 11.5. The van der Waals surface area contributed by atoms with Crippen molar-refractivity contribution in [2.24, 2.45) is 22.9 Å². The maximum absolute atomic E-state index is 12.8. The van der Waals surface area contributed by atoms with Crippen LogP contribution in [-0.4, -0.2) is 84.8 Å². The highest BCUT2D eigenvalue weighted by atomic mass is 32.2. The van der Waals surface area contributed by atoms with Gasteiger partial charge < -0.3 is 20.2 Å². The molecule has 3 rings (SSSR count). The number of thioether (sulfide) groups is 1. The highest BCUT2D eigenvalue weighted by Crippen LogP contribution is 2.52. The lowest BCUT2D eigenvalue weighted by Gasteiger charge is -2.47. The van der Waals surface area contributed by atoms with Crippen LogP contribution >= 0.6 is 11.8 Å². The van der Waals surface area contributed by atoms with Crippen molar-refractivity contribution in [1.29, 1.82) is 0 Å². The molecule has 6 atom stereocenters. The molecule has 3 heterocycles. The molecule has 12 heteroatoms. The van der Waals surface area contributed by atoms with Crippen LogP contribution < -0.4 is 10.5 Å². The number of sulfonamides is 1. The number of fused-ring (bicyclic) bond motifs is 1. The summed E-state index contributed by atoms with van der Waals surface area (Å²) in [5, 5.41) is 18.1. The van der Waals surface area contributed by atoms with E-state index in [0.717, 1.165) is 0 Å². The van der Waals surface area contributed by atoms with Crippen molar-refractivity contribution in [2.45, 2.75) is 37.6 Å². The predicted molar refractivity (Wildman–Crippen MR) is 112 cm³/mol. The first-order valence-electron chi connectivity index (χ1n) is 9.75. The molecule has 3 aliphatic heterocycles. The van der Waals surface area contributed by atoms with E-state index in [1.807, 2.05) is 6.92 Å². The maximum Gasteiger partial charge on any atom is 0.353 e. The highest BCUT2D eigenvalue weighted by molar-refractivity contribution is 8.03. The number of carbonyl (C=O) groups excluding carboxylic acids is 2. The van der Waals surface area contributed by atoms with Gasteiger partial charge in [-0.15, -0.1) is 11.8 Å². The molecule has 30 heavy (non-hydrogen) atoms. The molecule has 168 valence electrons. The lowest BCUT2D eigenvalue weighted by atomic mass is 9.75. The SMILES string of the molecule is C[C@@H](CS(N)(=O)=O)[C@H]1C(=O)N2C(C(=O)O)=C(S[C@@H]3CN[C@H](C(=O)N(C)C)C3)[C@H](C)[C@H]12. The summed E-state index contributed by atoms with van der Waals surface area (Å²) >= 11 is 1.40. The molecule has 0 unspecified atom stereocenters. The molecule has 0 aliphatic carbocycles. The van der Waals surface area contributed by atoms with E-state index in [1.165, 1.54) is 21.6 Å². The van der Waals surface area contributed by atoms with Crippen LogP contribution in [0.4, 0.5) is 0 Å². The third-order valence-electron chi connectivity index (χ3n) is 6.02. The van der Waals surface area contributed by atoms with Crippen molar-refractivity contribution >= 4 is 39.6 Å². The van der Waals surface area contributed by atoms with Crippen LogP contribution in [0.25, 0.3) is 0 Å². The standard InChI is InChI=1S/C18H28N4O6S2/c1-8(7-30(19,27)28)12-13-9(2)15(14(18(25)26)22(13)17(12)24)29-10-5-11(20-6-10)16(23)21(3)4/h8-13,20H,5-7H2,1-4H3,(H,25,26)(H2,19,27,28)/t8-,9+,10-,11-,12+,13+/m0/s1. The van der Waals surface area contributed by atoms with Gasteiger partial charge in [-0.3, -0.25) is 9.59 Å². The Hall–Kier alpha value is -1.63. The molecule has 0 radical (unpaired) electrons. The molecule has 0 aromatic rings. The largest absolute Gasteiger partial charge is 0.477 e. The van der Waals surface area contributed by atoms with Crippen molar-refractivity contribution in [3.05, 3.63) is 10.6 Å². The van der Waals surface area contributed by atoms with E-state index in [2.05, 4.69) is 5.32 Å². The lowest BCUT2D eigenvalue weighted by molar-refractivity contribution is -0.159. The number of carboxylic acid groups (broad SMARTS) is 1. The third-order valence-corrected chi connectivity index (χ3v) is 8.52. The first kappa shape index (κ1) is 23.0. The number of β-lactam (4-membered cyclic amide) rings is 1. The minimum atomic E-state index is -3.75. The summed E-state index contributed by atoms with van der Waals surface area (Å²) < 4.78 is 22.9. The molecular weight excluding hydrogens is 432 g/mol. The van der Waals surface area contributed by atoms with E-state index < -0.39 is 33.9 Å². The third kappa shape index (κ3) is 4.10. The van der Waals surface area contributed by atoms with Crippen LogP contribution in [0.5, 0.6) is 0 Å². The number of primary sulfonamides is 1. The van der Waals surface area contributed by atoms with E-state index in [0.29, 0.717) is 17.9 Å². The number of carboxylic acids is 1. The van der Waals surface area contributed by atoms with Crippen LogP contribution in [0.2, 0.25) is 0 Å². The van der Waals surface area contributed by atoms with E-state index in [-0.39, 0.29) is 40.5 Å². The fourth-order valence-corrected chi connectivity index (χ4v) is 7.13. The normalized spacial score (nSPS) is 32.1. The van der Waals surface area contributed by atoms with Crippen molar-refractivity contribution in [2.75, 3.05) is 26.4 Å². The molecule has 0 aromatic carbocycles. The quantitative estimate of drug-likeness (QED) is 0.419. The summed E-state index contributed by atoms with van der Waals surface area (Å²) in [5.41, 5.74) is -0.0241. The van der Waals surface area contributed by atoms with Crippen molar-refractivity contribution in [3.8, 4) is 0 Å². The number of nitrogens with two attached hydrogens (primary N) is 1. The number of hydrogen-bond donors (Lipinski definition) is 3. The molecule has 3 aliphatic rings. The molecule has 0 spiro atoms.